The van der Waals surface area contributed by atoms with E-state index >= 15 is 0 Å². The molecule has 1 aromatic carbocycles. The van der Waals surface area contributed by atoms with Crippen molar-refractivity contribution in [3.8, 4) is 22.6 Å². The summed E-state index contributed by atoms with van der Waals surface area (Å²) in [6.07, 6.45) is 3.45. The Morgan fingerprint density at radius 3 is 2.46 bits per heavy atom. The van der Waals surface area contributed by atoms with E-state index in [1.807, 2.05) is 54.6 Å². The number of nitrogens with two attached hydrogens (primary N) is 1. The van der Waals surface area contributed by atoms with Crippen molar-refractivity contribution in [3.63, 3.8) is 0 Å². The highest BCUT2D eigenvalue weighted by atomic mass is 32.1. The van der Waals surface area contributed by atoms with Gasteiger partial charge in [0, 0.05) is 23.5 Å². The number of hydrogen-bond donors (Lipinski definition) is 1. The molecule has 4 aromatic rings. The molecule has 6 heteroatoms. The number of thiocarbonyl (C=S) groups is 1. The average molecular weight is 331 g/mol. The summed E-state index contributed by atoms with van der Waals surface area (Å²) < 4.78 is 1.78. The van der Waals surface area contributed by atoms with Gasteiger partial charge >= 0.3 is 0 Å². The first-order chi connectivity index (χ1) is 11.7. The van der Waals surface area contributed by atoms with E-state index in [1.54, 1.807) is 16.9 Å². The van der Waals surface area contributed by atoms with Gasteiger partial charge in [-0.3, -0.25) is 4.98 Å². The third kappa shape index (κ3) is 2.43. The number of benzene rings is 1. The summed E-state index contributed by atoms with van der Waals surface area (Å²) in [7, 11) is 0. The van der Waals surface area contributed by atoms with E-state index in [0.29, 0.717) is 22.0 Å². The van der Waals surface area contributed by atoms with Crippen LogP contribution in [0, 0.1) is 0 Å². The highest BCUT2D eigenvalue weighted by molar-refractivity contribution is 7.80. The standard InChI is InChI=1S/C18H13N5S/c19-16(24)14-8-9-15(12-5-2-1-3-6-12)23-18(14)21-17(22-23)13-7-4-10-20-11-13/h1-11H,(H2,19,24). The predicted molar refractivity (Wildman–Crippen MR) is 97.5 cm³/mol. The normalized spacial score (nSPS) is 10.8. The van der Waals surface area contributed by atoms with Crippen LogP contribution in [0.15, 0.2) is 67.0 Å². The molecule has 0 saturated heterocycles. The Morgan fingerprint density at radius 2 is 1.75 bits per heavy atom. The Balaban J connectivity index is 2.01. The maximum atomic E-state index is 5.85. The highest BCUT2D eigenvalue weighted by Gasteiger charge is 2.15. The SMILES string of the molecule is NC(=S)c1ccc(-c2ccccc2)n2nc(-c3cccnc3)nc12. The minimum atomic E-state index is 0.296. The molecule has 0 aliphatic heterocycles. The molecule has 0 spiro atoms. The van der Waals surface area contributed by atoms with Crippen molar-refractivity contribution >= 4 is 22.9 Å². The zero-order chi connectivity index (χ0) is 16.5. The van der Waals surface area contributed by atoms with Gasteiger partial charge in [-0.15, -0.1) is 5.10 Å². The van der Waals surface area contributed by atoms with Crippen LogP contribution in [-0.4, -0.2) is 24.6 Å². The molecule has 3 aromatic heterocycles. The summed E-state index contributed by atoms with van der Waals surface area (Å²) >= 11 is 5.16. The van der Waals surface area contributed by atoms with Gasteiger partial charge in [0.15, 0.2) is 11.5 Å². The van der Waals surface area contributed by atoms with Gasteiger partial charge in [0.2, 0.25) is 0 Å². The van der Waals surface area contributed by atoms with Crippen molar-refractivity contribution in [2.45, 2.75) is 0 Å². The van der Waals surface area contributed by atoms with Crippen LogP contribution in [-0.2, 0) is 0 Å². The molecule has 3 heterocycles. The van der Waals surface area contributed by atoms with Crippen LogP contribution in [0.5, 0.6) is 0 Å². The van der Waals surface area contributed by atoms with Crippen molar-refractivity contribution in [3.05, 3.63) is 72.6 Å². The van der Waals surface area contributed by atoms with Crippen LogP contribution in [0.1, 0.15) is 5.56 Å². The first-order valence-corrected chi connectivity index (χ1v) is 7.80. The van der Waals surface area contributed by atoms with Crippen molar-refractivity contribution in [1.82, 2.24) is 19.6 Å². The molecule has 0 radical (unpaired) electrons. The first-order valence-electron chi connectivity index (χ1n) is 7.39. The lowest BCUT2D eigenvalue weighted by Gasteiger charge is -2.07. The van der Waals surface area contributed by atoms with Crippen molar-refractivity contribution < 1.29 is 0 Å². The molecule has 0 atom stereocenters. The van der Waals surface area contributed by atoms with Crippen molar-refractivity contribution in [2.24, 2.45) is 5.73 Å². The second kappa shape index (κ2) is 5.82. The number of pyridine rings is 2. The lowest BCUT2D eigenvalue weighted by Crippen LogP contribution is -2.12. The molecule has 0 aliphatic carbocycles. The summed E-state index contributed by atoms with van der Waals surface area (Å²) in [4.78, 5) is 9.06. The van der Waals surface area contributed by atoms with Gasteiger partial charge in [-0.2, -0.15) is 0 Å². The number of fused-ring (bicyclic) bond motifs is 1. The summed E-state index contributed by atoms with van der Waals surface area (Å²) in [5.41, 5.74) is 10.0. The largest absolute Gasteiger partial charge is 0.389 e. The van der Waals surface area contributed by atoms with E-state index in [4.69, 9.17) is 18.0 Å². The molecule has 0 fully saturated rings. The number of hydrogen-bond acceptors (Lipinski definition) is 4. The molecule has 0 bridgehead atoms. The molecule has 0 aliphatic rings. The van der Waals surface area contributed by atoms with Crippen LogP contribution in [0.25, 0.3) is 28.3 Å². The molecule has 0 unspecified atom stereocenters. The summed E-state index contributed by atoms with van der Waals surface area (Å²) in [5, 5.41) is 4.65. The Kier molecular flexibility index (Phi) is 3.51. The van der Waals surface area contributed by atoms with Gasteiger partial charge in [-0.25, -0.2) is 9.50 Å². The van der Waals surface area contributed by atoms with E-state index in [2.05, 4.69) is 15.1 Å². The summed E-state index contributed by atoms with van der Waals surface area (Å²) in [6, 6.07) is 17.6. The van der Waals surface area contributed by atoms with Gasteiger partial charge in [0.1, 0.15) is 4.99 Å². The fourth-order valence-corrected chi connectivity index (χ4v) is 2.76. The fraction of sp³-hybridized carbons (Fsp3) is 0. The first kappa shape index (κ1) is 14.5. The van der Waals surface area contributed by atoms with Gasteiger partial charge in [-0.05, 0) is 24.3 Å². The Morgan fingerprint density at radius 1 is 0.958 bits per heavy atom. The van der Waals surface area contributed by atoms with Gasteiger partial charge < -0.3 is 5.73 Å². The minimum absolute atomic E-state index is 0.296. The minimum Gasteiger partial charge on any atom is -0.389 e. The quantitative estimate of drug-likeness (QED) is 0.584. The van der Waals surface area contributed by atoms with Crippen LogP contribution in [0.3, 0.4) is 0 Å². The molecular formula is C18H13N5S. The number of nitrogens with zero attached hydrogens (tertiary/aromatic N) is 4. The smallest absolute Gasteiger partial charge is 0.183 e. The van der Waals surface area contributed by atoms with E-state index < -0.39 is 0 Å². The predicted octanol–water partition coefficient (Wildman–Crippen LogP) is 3.09. The number of rotatable bonds is 3. The van der Waals surface area contributed by atoms with Crippen molar-refractivity contribution in [1.29, 1.82) is 0 Å². The third-order valence-corrected chi connectivity index (χ3v) is 3.96. The zero-order valence-corrected chi connectivity index (χ0v) is 13.4. The Hall–Kier alpha value is -3.12. The maximum absolute atomic E-state index is 5.85. The summed E-state index contributed by atoms with van der Waals surface area (Å²) in [6.45, 7) is 0. The maximum Gasteiger partial charge on any atom is 0.183 e. The molecule has 0 amide bonds. The molecule has 0 saturated carbocycles. The topological polar surface area (TPSA) is 69.1 Å². The lowest BCUT2D eigenvalue weighted by molar-refractivity contribution is 0.972. The molecule has 116 valence electrons. The van der Waals surface area contributed by atoms with Crippen LogP contribution >= 0.6 is 12.2 Å². The van der Waals surface area contributed by atoms with Gasteiger partial charge in [-0.1, -0.05) is 42.5 Å². The third-order valence-electron chi connectivity index (χ3n) is 3.74. The lowest BCUT2D eigenvalue weighted by atomic mass is 10.1. The highest BCUT2D eigenvalue weighted by Crippen LogP contribution is 2.24. The molecule has 4 rings (SSSR count). The number of aromatic nitrogens is 4. The zero-order valence-electron chi connectivity index (χ0n) is 12.6. The average Bonchev–Trinajstić information content (AvgIpc) is 3.07. The van der Waals surface area contributed by atoms with Crippen LogP contribution in [0.4, 0.5) is 0 Å². The monoisotopic (exact) mass is 331 g/mol. The van der Waals surface area contributed by atoms with E-state index in [1.165, 1.54) is 0 Å². The summed E-state index contributed by atoms with van der Waals surface area (Å²) in [5.74, 6) is 0.587. The Labute approximate surface area is 143 Å². The van der Waals surface area contributed by atoms with Gasteiger partial charge in [0.05, 0.1) is 11.3 Å². The van der Waals surface area contributed by atoms with E-state index in [0.717, 1.165) is 16.8 Å². The second-order valence-electron chi connectivity index (χ2n) is 5.28. The van der Waals surface area contributed by atoms with E-state index in [9.17, 15) is 0 Å². The van der Waals surface area contributed by atoms with Crippen molar-refractivity contribution in [2.75, 3.05) is 0 Å². The van der Waals surface area contributed by atoms with Gasteiger partial charge in [0.25, 0.3) is 0 Å². The second-order valence-corrected chi connectivity index (χ2v) is 5.71. The molecule has 24 heavy (non-hydrogen) atoms. The molecule has 2 N–H and O–H groups in total. The van der Waals surface area contributed by atoms with E-state index in [-0.39, 0.29) is 0 Å². The molecule has 5 nitrogen and oxygen atoms in total. The fourth-order valence-electron chi connectivity index (χ4n) is 2.60. The Bertz CT molecular complexity index is 1030. The van der Waals surface area contributed by atoms with Crippen LogP contribution < -0.4 is 5.73 Å². The molecular weight excluding hydrogens is 318 g/mol. The van der Waals surface area contributed by atoms with Crippen LogP contribution in [0.2, 0.25) is 0 Å².